The molecule has 5 heteroatoms. The molecule has 1 aliphatic carbocycles. The van der Waals surface area contributed by atoms with E-state index in [-0.39, 0.29) is 11.8 Å². The number of alkyl halides is 1. The van der Waals surface area contributed by atoms with E-state index in [0.29, 0.717) is 18.3 Å². The zero-order valence-corrected chi connectivity index (χ0v) is 17.6. The summed E-state index contributed by atoms with van der Waals surface area (Å²) in [6, 6.07) is 8.42. The molecule has 0 aliphatic heterocycles. The standard InChI is InChI=1S/C22H29ClN2OS/c1-3-17(22(26)25-18-11-5-4-6-12-18)10-9-15-27-21-14-8-7-13-19(21)20(16-23)24-2/h3,7-9,13-15,17-18H,1,4-6,10-12,16H2,2H3,(H,25,26)/b15-9+,24-20?. The number of carbonyl (C=O) groups is 1. The van der Waals surface area contributed by atoms with Crippen molar-refractivity contribution in [1.29, 1.82) is 0 Å². The lowest BCUT2D eigenvalue weighted by molar-refractivity contribution is -0.124. The third kappa shape index (κ3) is 6.86. The molecule has 0 saturated heterocycles. The quantitative estimate of drug-likeness (QED) is 0.252. The maximum Gasteiger partial charge on any atom is 0.227 e. The summed E-state index contributed by atoms with van der Waals surface area (Å²) in [7, 11) is 1.76. The van der Waals surface area contributed by atoms with Crippen LogP contribution in [0.3, 0.4) is 0 Å². The minimum Gasteiger partial charge on any atom is -0.353 e. The zero-order valence-electron chi connectivity index (χ0n) is 16.0. The van der Waals surface area contributed by atoms with Crippen molar-refractivity contribution in [2.24, 2.45) is 10.9 Å². The molecule has 1 N–H and O–H groups in total. The van der Waals surface area contributed by atoms with Gasteiger partial charge in [-0.3, -0.25) is 9.79 Å². The number of nitrogens with one attached hydrogen (secondary N) is 1. The number of amides is 1. The number of benzene rings is 1. The number of carbonyl (C=O) groups excluding carboxylic acids is 1. The monoisotopic (exact) mass is 404 g/mol. The van der Waals surface area contributed by atoms with Crippen LogP contribution < -0.4 is 5.32 Å². The molecule has 1 aromatic carbocycles. The SMILES string of the molecule is C=CC(C/C=C/Sc1ccccc1C(CCl)=NC)C(=O)NC1CCCCC1. The Morgan fingerprint density at radius 3 is 2.78 bits per heavy atom. The van der Waals surface area contributed by atoms with Crippen molar-refractivity contribution in [3.8, 4) is 0 Å². The van der Waals surface area contributed by atoms with E-state index in [1.807, 2.05) is 29.7 Å². The molecule has 1 saturated carbocycles. The molecule has 146 valence electrons. The summed E-state index contributed by atoms with van der Waals surface area (Å²) < 4.78 is 0. The molecule has 1 fully saturated rings. The van der Waals surface area contributed by atoms with E-state index >= 15 is 0 Å². The van der Waals surface area contributed by atoms with Crippen molar-refractivity contribution < 1.29 is 4.79 Å². The number of aliphatic imine (C=N–C) groups is 1. The number of thioether (sulfide) groups is 1. The van der Waals surface area contributed by atoms with Gasteiger partial charge in [-0.05, 0) is 30.7 Å². The van der Waals surface area contributed by atoms with Crippen molar-refractivity contribution in [3.63, 3.8) is 0 Å². The second-order valence-corrected chi connectivity index (χ2v) is 7.93. The minimum atomic E-state index is -0.186. The van der Waals surface area contributed by atoms with Crippen LogP contribution in [-0.2, 0) is 4.79 Å². The molecule has 2 rings (SSSR count). The third-order valence-electron chi connectivity index (χ3n) is 4.85. The van der Waals surface area contributed by atoms with Gasteiger partial charge in [-0.1, -0.05) is 61.4 Å². The Balaban J connectivity index is 1.90. The lowest BCUT2D eigenvalue weighted by Crippen LogP contribution is -2.39. The van der Waals surface area contributed by atoms with Crippen LogP contribution in [0, 0.1) is 5.92 Å². The molecule has 0 bridgehead atoms. The molecule has 1 unspecified atom stereocenters. The number of hydrogen-bond donors (Lipinski definition) is 1. The van der Waals surface area contributed by atoms with E-state index in [1.165, 1.54) is 19.3 Å². The molecule has 0 radical (unpaired) electrons. The second kappa shape index (κ2) is 12.0. The fourth-order valence-corrected chi connectivity index (χ4v) is 4.34. The van der Waals surface area contributed by atoms with Gasteiger partial charge in [-0.15, -0.1) is 18.2 Å². The second-order valence-electron chi connectivity index (χ2n) is 6.71. The van der Waals surface area contributed by atoms with Gasteiger partial charge in [0.2, 0.25) is 5.91 Å². The minimum absolute atomic E-state index is 0.0921. The Morgan fingerprint density at radius 1 is 1.37 bits per heavy atom. The fraction of sp³-hybridized carbons (Fsp3) is 0.455. The highest BCUT2D eigenvalue weighted by molar-refractivity contribution is 8.02. The van der Waals surface area contributed by atoms with E-state index in [2.05, 4.69) is 23.0 Å². The molecule has 27 heavy (non-hydrogen) atoms. The summed E-state index contributed by atoms with van der Waals surface area (Å²) in [6.07, 6.45) is 10.3. The average Bonchev–Trinajstić information content (AvgIpc) is 2.70. The Hall–Kier alpha value is -1.52. The fourth-order valence-electron chi connectivity index (χ4n) is 3.25. The lowest BCUT2D eigenvalue weighted by atomic mass is 9.94. The van der Waals surface area contributed by atoms with Gasteiger partial charge < -0.3 is 5.32 Å². The summed E-state index contributed by atoms with van der Waals surface area (Å²) in [5, 5.41) is 5.22. The molecule has 0 heterocycles. The van der Waals surface area contributed by atoms with Crippen LogP contribution in [0.25, 0.3) is 0 Å². The Kier molecular flexibility index (Phi) is 9.71. The van der Waals surface area contributed by atoms with Crippen LogP contribution in [0.1, 0.15) is 44.1 Å². The first-order valence-electron chi connectivity index (χ1n) is 9.55. The molecule has 0 spiro atoms. The summed E-state index contributed by atoms with van der Waals surface area (Å²) in [6.45, 7) is 3.84. The van der Waals surface area contributed by atoms with Crippen LogP contribution >= 0.6 is 23.4 Å². The number of nitrogens with zero attached hydrogens (tertiary/aromatic N) is 1. The highest BCUT2D eigenvalue weighted by Gasteiger charge is 2.19. The van der Waals surface area contributed by atoms with Gasteiger partial charge >= 0.3 is 0 Å². The predicted octanol–water partition coefficient (Wildman–Crippen LogP) is 5.59. The topological polar surface area (TPSA) is 41.5 Å². The van der Waals surface area contributed by atoms with E-state index in [1.54, 1.807) is 24.9 Å². The summed E-state index contributed by atoms with van der Waals surface area (Å²) in [5.41, 5.74) is 1.93. The van der Waals surface area contributed by atoms with Crippen molar-refractivity contribution >= 4 is 35.0 Å². The maximum atomic E-state index is 12.5. The van der Waals surface area contributed by atoms with Gasteiger partial charge in [0.15, 0.2) is 0 Å². The van der Waals surface area contributed by atoms with Gasteiger partial charge in [-0.25, -0.2) is 0 Å². The molecule has 1 atom stereocenters. The summed E-state index contributed by atoms with van der Waals surface area (Å²) >= 11 is 7.62. The van der Waals surface area contributed by atoms with Gasteiger partial charge in [-0.2, -0.15) is 0 Å². The molecule has 1 amide bonds. The average molecular weight is 405 g/mol. The molecule has 0 aromatic heterocycles. The molecule has 1 aromatic rings. The summed E-state index contributed by atoms with van der Waals surface area (Å²) in [5.74, 6) is 0.293. The maximum absolute atomic E-state index is 12.5. The van der Waals surface area contributed by atoms with Crippen LogP contribution in [0.2, 0.25) is 0 Å². The number of rotatable bonds is 9. The van der Waals surface area contributed by atoms with Gasteiger partial charge in [0.05, 0.1) is 17.5 Å². The predicted molar refractivity (Wildman–Crippen MR) is 118 cm³/mol. The van der Waals surface area contributed by atoms with Gasteiger partial charge in [0.1, 0.15) is 0 Å². The van der Waals surface area contributed by atoms with Crippen LogP contribution in [0.15, 0.2) is 58.3 Å². The lowest BCUT2D eigenvalue weighted by Gasteiger charge is -2.24. The number of allylic oxidation sites excluding steroid dienone is 1. The normalized spacial score (nSPS) is 17.0. The van der Waals surface area contributed by atoms with Crippen molar-refractivity contribution in [1.82, 2.24) is 5.32 Å². The number of halogens is 1. The Morgan fingerprint density at radius 2 is 2.11 bits per heavy atom. The highest BCUT2D eigenvalue weighted by atomic mass is 35.5. The van der Waals surface area contributed by atoms with E-state index in [9.17, 15) is 4.79 Å². The Labute approximate surface area is 172 Å². The van der Waals surface area contributed by atoms with Crippen LogP contribution in [-0.4, -0.2) is 30.6 Å². The molecular formula is C22H29ClN2OS. The van der Waals surface area contributed by atoms with Gasteiger partial charge in [0, 0.05) is 23.5 Å². The Bertz CT molecular complexity index is 681. The molecular weight excluding hydrogens is 376 g/mol. The van der Waals surface area contributed by atoms with E-state index in [4.69, 9.17) is 11.6 Å². The smallest absolute Gasteiger partial charge is 0.227 e. The highest BCUT2D eigenvalue weighted by Crippen LogP contribution is 2.25. The van der Waals surface area contributed by atoms with E-state index in [0.717, 1.165) is 29.0 Å². The van der Waals surface area contributed by atoms with Crippen molar-refractivity contribution in [3.05, 3.63) is 54.0 Å². The number of hydrogen-bond acceptors (Lipinski definition) is 3. The molecule has 3 nitrogen and oxygen atoms in total. The van der Waals surface area contributed by atoms with Crippen LogP contribution in [0.5, 0.6) is 0 Å². The van der Waals surface area contributed by atoms with Crippen molar-refractivity contribution in [2.45, 2.75) is 49.5 Å². The first kappa shape index (κ1) is 21.8. The zero-order chi connectivity index (χ0) is 19.5. The largest absolute Gasteiger partial charge is 0.353 e. The third-order valence-corrected chi connectivity index (χ3v) is 6.04. The van der Waals surface area contributed by atoms with E-state index < -0.39 is 0 Å². The first-order valence-corrected chi connectivity index (χ1v) is 11.0. The van der Waals surface area contributed by atoms with Crippen LogP contribution in [0.4, 0.5) is 0 Å². The first-order chi connectivity index (χ1) is 13.2. The molecule has 1 aliphatic rings. The van der Waals surface area contributed by atoms with Crippen molar-refractivity contribution in [2.75, 3.05) is 12.9 Å². The van der Waals surface area contributed by atoms with Gasteiger partial charge in [0.25, 0.3) is 0 Å². The summed E-state index contributed by atoms with van der Waals surface area (Å²) in [4.78, 5) is 17.8.